The van der Waals surface area contributed by atoms with Crippen LogP contribution in [0.2, 0.25) is 0 Å². The summed E-state index contributed by atoms with van der Waals surface area (Å²) in [6, 6.07) is 11.3. The van der Waals surface area contributed by atoms with E-state index in [1.165, 1.54) is 25.3 Å². The van der Waals surface area contributed by atoms with E-state index in [1.54, 1.807) is 12.1 Å². The maximum absolute atomic E-state index is 13.8. The van der Waals surface area contributed by atoms with Crippen LogP contribution in [-0.2, 0) is 0 Å². The van der Waals surface area contributed by atoms with E-state index in [0.717, 1.165) is 5.75 Å². The van der Waals surface area contributed by atoms with Crippen LogP contribution in [0.25, 0.3) is 0 Å². The molecule has 128 valence electrons. The second-order valence-corrected chi connectivity index (χ2v) is 4.85. The monoisotopic (exact) mass is 333 g/mol. The molecule has 0 saturated carbocycles. The third-order valence-corrected chi connectivity index (χ3v) is 3.21. The van der Waals surface area contributed by atoms with Crippen molar-refractivity contribution in [3.63, 3.8) is 0 Å². The van der Waals surface area contributed by atoms with Gasteiger partial charge in [0.25, 0.3) is 5.91 Å². The number of rotatable bonds is 8. The highest BCUT2D eigenvalue weighted by molar-refractivity contribution is 5.94. The van der Waals surface area contributed by atoms with Gasteiger partial charge in [-0.1, -0.05) is 0 Å². The van der Waals surface area contributed by atoms with Gasteiger partial charge in [-0.15, -0.1) is 0 Å². The molecule has 24 heavy (non-hydrogen) atoms. The fourth-order valence-corrected chi connectivity index (χ4v) is 2.03. The molecule has 0 aromatic heterocycles. The fraction of sp³-hybridized carbons (Fsp3) is 0.278. The zero-order chi connectivity index (χ0) is 17.4. The molecule has 2 aromatic carbocycles. The van der Waals surface area contributed by atoms with Gasteiger partial charge in [0.2, 0.25) is 0 Å². The van der Waals surface area contributed by atoms with Crippen LogP contribution in [0.4, 0.5) is 4.39 Å². The zero-order valence-electron chi connectivity index (χ0n) is 13.7. The molecule has 2 aromatic rings. The molecule has 1 amide bonds. The minimum Gasteiger partial charge on any atom is -0.497 e. The van der Waals surface area contributed by atoms with Crippen LogP contribution in [-0.4, -0.2) is 32.8 Å². The van der Waals surface area contributed by atoms with Gasteiger partial charge in [-0.2, -0.15) is 0 Å². The summed E-state index contributed by atoms with van der Waals surface area (Å²) >= 11 is 0. The summed E-state index contributed by atoms with van der Waals surface area (Å²) in [5, 5.41) is 2.61. The Kier molecular flexibility index (Phi) is 6.42. The lowest BCUT2D eigenvalue weighted by atomic mass is 10.2. The molecule has 0 aliphatic carbocycles. The third-order valence-electron chi connectivity index (χ3n) is 3.21. The van der Waals surface area contributed by atoms with E-state index in [-0.39, 0.29) is 18.7 Å². The Labute approximate surface area is 140 Å². The summed E-state index contributed by atoms with van der Waals surface area (Å²) in [6.07, 6.45) is 0. The number of hydrogen-bond acceptors (Lipinski definition) is 4. The Hall–Kier alpha value is -2.76. The van der Waals surface area contributed by atoms with Crippen molar-refractivity contribution in [3.05, 3.63) is 53.8 Å². The lowest BCUT2D eigenvalue weighted by Crippen LogP contribution is -2.28. The molecular formula is C18H20FNO4. The van der Waals surface area contributed by atoms with Crippen molar-refractivity contribution >= 4 is 5.91 Å². The first-order chi connectivity index (χ1) is 11.6. The summed E-state index contributed by atoms with van der Waals surface area (Å²) in [6.45, 7) is 3.06. The van der Waals surface area contributed by atoms with Crippen LogP contribution in [0.3, 0.4) is 0 Å². The van der Waals surface area contributed by atoms with E-state index in [9.17, 15) is 9.18 Å². The SMILES string of the molecule is CCOc1ccc(OCCNC(=O)c2ccc(OC)cc2F)cc1. The number of methoxy groups -OCH3 is 1. The van der Waals surface area contributed by atoms with Gasteiger partial charge in [-0.25, -0.2) is 4.39 Å². The number of hydrogen-bond donors (Lipinski definition) is 1. The van der Waals surface area contributed by atoms with Crippen LogP contribution in [0.1, 0.15) is 17.3 Å². The van der Waals surface area contributed by atoms with Crippen molar-refractivity contribution in [1.29, 1.82) is 0 Å². The number of ether oxygens (including phenoxy) is 3. The molecule has 0 aliphatic heterocycles. The highest BCUT2D eigenvalue weighted by Gasteiger charge is 2.12. The summed E-state index contributed by atoms with van der Waals surface area (Å²) in [7, 11) is 1.44. The van der Waals surface area contributed by atoms with Crippen LogP contribution < -0.4 is 19.5 Å². The molecule has 5 nitrogen and oxygen atoms in total. The molecule has 0 bridgehead atoms. The highest BCUT2D eigenvalue weighted by atomic mass is 19.1. The molecule has 1 N–H and O–H groups in total. The van der Waals surface area contributed by atoms with E-state index in [2.05, 4.69) is 5.32 Å². The quantitative estimate of drug-likeness (QED) is 0.755. The smallest absolute Gasteiger partial charge is 0.254 e. The number of carbonyl (C=O) groups excluding carboxylic acids is 1. The Morgan fingerprint density at radius 1 is 1.04 bits per heavy atom. The molecule has 0 spiro atoms. The number of halogens is 1. The van der Waals surface area contributed by atoms with E-state index < -0.39 is 11.7 Å². The van der Waals surface area contributed by atoms with Crippen molar-refractivity contribution in [1.82, 2.24) is 5.32 Å². The maximum atomic E-state index is 13.8. The number of nitrogens with one attached hydrogen (secondary N) is 1. The molecule has 0 unspecified atom stereocenters. The molecule has 0 aliphatic rings. The maximum Gasteiger partial charge on any atom is 0.254 e. The van der Waals surface area contributed by atoms with Gasteiger partial charge in [0.15, 0.2) is 0 Å². The van der Waals surface area contributed by atoms with Gasteiger partial charge < -0.3 is 19.5 Å². The lowest BCUT2D eigenvalue weighted by molar-refractivity contribution is 0.0943. The predicted molar refractivity (Wildman–Crippen MR) is 88.4 cm³/mol. The Bertz CT molecular complexity index is 673. The highest BCUT2D eigenvalue weighted by Crippen LogP contribution is 2.18. The van der Waals surface area contributed by atoms with Gasteiger partial charge in [0, 0.05) is 6.07 Å². The Morgan fingerprint density at radius 3 is 2.25 bits per heavy atom. The van der Waals surface area contributed by atoms with Gasteiger partial charge in [-0.3, -0.25) is 4.79 Å². The number of amides is 1. The van der Waals surface area contributed by atoms with E-state index >= 15 is 0 Å². The standard InChI is InChI=1S/C18H20FNO4/c1-3-23-13-4-6-14(7-5-13)24-11-10-20-18(21)16-9-8-15(22-2)12-17(16)19/h4-9,12H,3,10-11H2,1-2H3,(H,20,21). The van der Waals surface area contributed by atoms with Crippen molar-refractivity contribution in [3.8, 4) is 17.2 Å². The van der Waals surface area contributed by atoms with Gasteiger partial charge in [-0.05, 0) is 43.3 Å². The zero-order valence-corrected chi connectivity index (χ0v) is 13.7. The molecule has 0 saturated heterocycles. The minimum atomic E-state index is -0.626. The Morgan fingerprint density at radius 2 is 1.67 bits per heavy atom. The van der Waals surface area contributed by atoms with Crippen LogP contribution in [0.5, 0.6) is 17.2 Å². The van der Waals surface area contributed by atoms with E-state index in [1.807, 2.05) is 19.1 Å². The molecule has 2 rings (SSSR count). The van der Waals surface area contributed by atoms with Gasteiger partial charge in [0.1, 0.15) is 29.7 Å². The summed E-state index contributed by atoms with van der Waals surface area (Å²) in [4.78, 5) is 11.9. The van der Waals surface area contributed by atoms with Crippen molar-refractivity contribution in [2.45, 2.75) is 6.92 Å². The molecule has 0 radical (unpaired) electrons. The molecule has 6 heteroatoms. The third kappa shape index (κ3) is 4.87. The van der Waals surface area contributed by atoms with Crippen molar-refractivity contribution < 1.29 is 23.4 Å². The number of carbonyl (C=O) groups is 1. The van der Waals surface area contributed by atoms with E-state index in [0.29, 0.717) is 18.1 Å². The van der Waals surface area contributed by atoms with Gasteiger partial charge in [0.05, 0.1) is 25.8 Å². The van der Waals surface area contributed by atoms with Crippen LogP contribution in [0.15, 0.2) is 42.5 Å². The fourth-order valence-electron chi connectivity index (χ4n) is 2.03. The van der Waals surface area contributed by atoms with Crippen molar-refractivity contribution in [2.75, 3.05) is 26.9 Å². The first-order valence-corrected chi connectivity index (χ1v) is 7.61. The molecule has 0 atom stereocenters. The first kappa shape index (κ1) is 17.6. The second kappa shape index (κ2) is 8.76. The van der Waals surface area contributed by atoms with Gasteiger partial charge >= 0.3 is 0 Å². The first-order valence-electron chi connectivity index (χ1n) is 7.61. The normalized spacial score (nSPS) is 10.1. The summed E-state index contributed by atoms with van der Waals surface area (Å²) < 4.78 is 29.5. The average Bonchev–Trinajstić information content (AvgIpc) is 2.60. The molecule has 0 heterocycles. The largest absolute Gasteiger partial charge is 0.497 e. The second-order valence-electron chi connectivity index (χ2n) is 4.85. The summed E-state index contributed by atoms with van der Waals surface area (Å²) in [5.41, 5.74) is -0.0307. The van der Waals surface area contributed by atoms with Crippen molar-refractivity contribution in [2.24, 2.45) is 0 Å². The topological polar surface area (TPSA) is 56.8 Å². The van der Waals surface area contributed by atoms with Crippen LogP contribution >= 0.6 is 0 Å². The molecular weight excluding hydrogens is 313 g/mol. The molecule has 0 fully saturated rings. The predicted octanol–water partition coefficient (Wildman–Crippen LogP) is 3.04. The lowest BCUT2D eigenvalue weighted by Gasteiger charge is -2.09. The number of benzene rings is 2. The minimum absolute atomic E-state index is 0.0307. The Balaban J connectivity index is 1.78. The van der Waals surface area contributed by atoms with E-state index in [4.69, 9.17) is 14.2 Å². The average molecular weight is 333 g/mol. The van der Waals surface area contributed by atoms with Crippen LogP contribution in [0, 0.1) is 5.82 Å². The summed E-state index contributed by atoms with van der Waals surface area (Å²) in [5.74, 6) is 0.684.